The van der Waals surface area contributed by atoms with Gasteiger partial charge in [0.05, 0.1) is 10.5 Å². The molecule has 0 aliphatic carbocycles. The highest BCUT2D eigenvalue weighted by Gasteiger charge is 2.20. The number of esters is 1. The first-order chi connectivity index (χ1) is 12.3. The van der Waals surface area contributed by atoms with Gasteiger partial charge in [-0.1, -0.05) is 41.9 Å². The van der Waals surface area contributed by atoms with Gasteiger partial charge in [0.1, 0.15) is 5.75 Å². The molecule has 0 aliphatic heterocycles. The standard InChI is InChI=1S/C19H16ClNO4S/c1-21(2)26(23,24)14-7-5-6-13(12-14)19(22)25-18-11-10-17(20)15-8-3-4-9-16(15)18/h3-12H,1-2H3. The molecule has 0 saturated heterocycles. The van der Waals surface area contributed by atoms with Crippen LogP contribution in [-0.4, -0.2) is 32.8 Å². The molecule has 0 aliphatic rings. The molecular weight excluding hydrogens is 374 g/mol. The molecule has 0 atom stereocenters. The van der Waals surface area contributed by atoms with Crippen molar-refractivity contribution in [2.45, 2.75) is 4.90 Å². The molecule has 3 aromatic rings. The van der Waals surface area contributed by atoms with Gasteiger partial charge in [-0.05, 0) is 30.3 Å². The van der Waals surface area contributed by atoms with Gasteiger partial charge in [-0.3, -0.25) is 0 Å². The molecule has 0 amide bonds. The Balaban J connectivity index is 1.96. The number of hydrogen-bond acceptors (Lipinski definition) is 4. The summed E-state index contributed by atoms with van der Waals surface area (Å²) in [5.41, 5.74) is 0.145. The third-order valence-corrected chi connectivity index (χ3v) is 6.02. The number of rotatable bonds is 4. The highest BCUT2D eigenvalue weighted by atomic mass is 35.5. The number of fused-ring (bicyclic) bond motifs is 1. The molecule has 0 bridgehead atoms. The van der Waals surface area contributed by atoms with Crippen molar-refractivity contribution in [3.8, 4) is 5.75 Å². The molecule has 0 saturated carbocycles. The highest BCUT2D eigenvalue weighted by Crippen LogP contribution is 2.31. The van der Waals surface area contributed by atoms with Gasteiger partial charge in [0, 0.05) is 29.9 Å². The van der Waals surface area contributed by atoms with E-state index in [-0.39, 0.29) is 10.5 Å². The van der Waals surface area contributed by atoms with Crippen LogP contribution in [0.5, 0.6) is 5.75 Å². The van der Waals surface area contributed by atoms with E-state index in [1.165, 1.54) is 38.4 Å². The molecule has 3 rings (SSSR count). The molecule has 26 heavy (non-hydrogen) atoms. The maximum atomic E-state index is 12.5. The zero-order chi connectivity index (χ0) is 18.9. The Morgan fingerprint density at radius 1 is 0.962 bits per heavy atom. The normalized spacial score (nSPS) is 11.7. The number of benzene rings is 3. The quantitative estimate of drug-likeness (QED) is 0.500. The summed E-state index contributed by atoms with van der Waals surface area (Å²) in [7, 11) is -0.776. The summed E-state index contributed by atoms with van der Waals surface area (Å²) in [5, 5.41) is 2.02. The average molecular weight is 390 g/mol. The number of halogens is 1. The molecule has 0 radical (unpaired) electrons. The van der Waals surface area contributed by atoms with E-state index >= 15 is 0 Å². The minimum atomic E-state index is -3.64. The zero-order valence-corrected chi connectivity index (χ0v) is 15.7. The minimum absolute atomic E-state index is 0.0258. The van der Waals surface area contributed by atoms with E-state index < -0.39 is 16.0 Å². The van der Waals surface area contributed by atoms with Gasteiger partial charge in [-0.25, -0.2) is 17.5 Å². The molecule has 3 aromatic carbocycles. The van der Waals surface area contributed by atoms with Gasteiger partial charge in [-0.2, -0.15) is 0 Å². The maximum absolute atomic E-state index is 12.5. The average Bonchev–Trinajstić information content (AvgIpc) is 2.64. The van der Waals surface area contributed by atoms with Gasteiger partial charge in [0.2, 0.25) is 10.0 Å². The fourth-order valence-electron chi connectivity index (χ4n) is 2.48. The van der Waals surface area contributed by atoms with Crippen LogP contribution >= 0.6 is 11.6 Å². The summed E-state index contributed by atoms with van der Waals surface area (Å²) in [4.78, 5) is 12.6. The largest absolute Gasteiger partial charge is 0.422 e. The van der Waals surface area contributed by atoms with Gasteiger partial charge in [0.25, 0.3) is 0 Å². The molecule has 134 valence electrons. The summed E-state index contributed by atoms with van der Waals surface area (Å²) in [6.07, 6.45) is 0. The van der Waals surface area contributed by atoms with E-state index in [0.717, 1.165) is 9.69 Å². The molecule has 0 aromatic heterocycles. The molecule has 0 spiro atoms. The summed E-state index contributed by atoms with van der Waals surface area (Å²) in [6, 6.07) is 16.3. The maximum Gasteiger partial charge on any atom is 0.343 e. The van der Waals surface area contributed by atoms with E-state index in [1.54, 1.807) is 18.2 Å². The van der Waals surface area contributed by atoms with Crippen LogP contribution in [0.4, 0.5) is 0 Å². The summed E-state index contributed by atoms with van der Waals surface area (Å²) >= 11 is 6.17. The van der Waals surface area contributed by atoms with Crippen LogP contribution in [0, 0.1) is 0 Å². The number of hydrogen-bond donors (Lipinski definition) is 0. The van der Waals surface area contributed by atoms with E-state index in [4.69, 9.17) is 16.3 Å². The predicted octanol–water partition coefficient (Wildman–Crippen LogP) is 3.96. The Labute approximate surface area is 156 Å². The molecule has 7 heteroatoms. The first kappa shape index (κ1) is 18.4. The number of nitrogens with zero attached hydrogens (tertiary/aromatic N) is 1. The Morgan fingerprint density at radius 3 is 2.35 bits per heavy atom. The van der Waals surface area contributed by atoms with Crippen LogP contribution in [0.1, 0.15) is 10.4 Å². The third-order valence-electron chi connectivity index (χ3n) is 3.88. The van der Waals surface area contributed by atoms with Crippen molar-refractivity contribution in [2.24, 2.45) is 0 Å². The number of ether oxygens (including phenoxy) is 1. The van der Waals surface area contributed by atoms with Crippen molar-refractivity contribution in [1.82, 2.24) is 4.31 Å². The number of sulfonamides is 1. The van der Waals surface area contributed by atoms with Gasteiger partial charge in [-0.15, -0.1) is 0 Å². The van der Waals surface area contributed by atoms with Gasteiger partial charge >= 0.3 is 5.97 Å². The lowest BCUT2D eigenvalue weighted by Gasteiger charge is -2.12. The summed E-state index contributed by atoms with van der Waals surface area (Å²) in [6.45, 7) is 0. The second-order valence-electron chi connectivity index (χ2n) is 5.80. The second-order valence-corrected chi connectivity index (χ2v) is 8.35. The second kappa shape index (κ2) is 7.07. The highest BCUT2D eigenvalue weighted by molar-refractivity contribution is 7.89. The Bertz CT molecular complexity index is 1090. The van der Waals surface area contributed by atoms with E-state index in [1.807, 2.05) is 18.2 Å². The summed E-state index contributed by atoms with van der Waals surface area (Å²) < 4.78 is 31.1. The van der Waals surface area contributed by atoms with Crippen LogP contribution in [0.15, 0.2) is 65.6 Å². The van der Waals surface area contributed by atoms with Crippen LogP contribution in [-0.2, 0) is 10.0 Å². The summed E-state index contributed by atoms with van der Waals surface area (Å²) in [5.74, 6) is -0.288. The SMILES string of the molecule is CN(C)S(=O)(=O)c1cccc(C(=O)Oc2ccc(Cl)c3ccccc23)c1. The molecule has 0 fully saturated rings. The fourth-order valence-corrected chi connectivity index (χ4v) is 3.65. The number of carbonyl (C=O) groups is 1. The van der Waals surface area contributed by atoms with Crippen molar-refractivity contribution in [3.63, 3.8) is 0 Å². The Hall–Kier alpha value is -2.41. The molecule has 0 N–H and O–H groups in total. The number of carbonyl (C=O) groups excluding carboxylic acids is 1. The van der Waals surface area contributed by atoms with Crippen LogP contribution in [0.25, 0.3) is 10.8 Å². The fraction of sp³-hybridized carbons (Fsp3) is 0.105. The van der Waals surface area contributed by atoms with Crippen LogP contribution < -0.4 is 4.74 Å². The van der Waals surface area contributed by atoms with Gasteiger partial charge < -0.3 is 4.74 Å². The monoisotopic (exact) mass is 389 g/mol. The zero-order valence-electron chi connectivity index (χ0n) is 14.1. The molecular formula is C19H16ClNO4S. The van der Waals surface area contributed by atoms with Gasteiger partial charge in [0.15, 0.2) is 0 Å². The third kappa shape index (κ3) is 3.44. The lowest BCUT2D eigenvalue weighted by molar-refractivity contribution is 0.0737. The lowest BCUT2D eigenvalue weighted by Crippen LogP contribution is -2.22. The van der Waals surface area contributed by atoms with Crippen molar-refractivity contribution in [1.29, 1.82) is 0 Å². The first-order valence-electron chi connectivity index (χ1n) is 7.73. The predicted molar refractivity (Wildman–Crippen MR) is 101 cm³/mol. The Morgan fingerprint density at radius 2 is 1.65 bits per heavy atom. The van der Waals surface area contributed by atoms with E-state index in [0.29, 0.717) is 16.2 Å². The first-order valence-corrected chi connectivity index (χ1v) is 9.54. The minimum Gasteiger partial charge on any atom is -0.422 e. The van der Waals surface area contributed by atoms with E-state index in [2.05, 4.69) is 0 Å². The smallest absolute Gasteiger partial charge is 0.343 e. The lowest BCUT2D eigenvalue weighted by atomic mass is 10.1. The van der Waals surface area contributed by atoms with Crippen molar-refractivity contribution in [3.05, 3.63) is 71.2 Å². The van der Waals surface area contributed by atoms with Crippen molar-refractivity contribution < 1.29 is 17.9 Å². The van der Waals surface area contributed by atoms with Crippen LogP contribution in [0.2, 0.25) is 5.02 Å². The van der Waals surface area contributed by atoms with Crippen molar-refractivity contribution >= 4 is 38.4 Å². The molecule has 0 unspecified atom stereocenters. The van der Waals surface area contributed by atoms with Crippen LogP contribution in [0.3, 0.4) is 0 Å². The van der Waals surface area contributed by atoms with Crippen molar-refractivity contribution in [2.75, 3.05) is 14.1 Å². The van der Waals surface area contributed by atoms with E-state index in [9.17, 15) is 13.2 Å². The molecule has 5 nitrogen and oxygen atoms in total. The molecule has 0 heterocycles. The topological polar surface area (TPSA) is 63.7 Å². The Kier molecular flexibility index (Phi) is 5.00.